The molecule has 1 aliphatic heterocycles. The van der Waals surface area contributed by atoms with E-state index in [1.165, 1.54) is 22.7 Å². The van der Waals surface area contributed by atoms with Crippen LogP contribution in [0, 0.1) is 0 Å². The van der Waals surface area contributed by atoms with Gasteiger partial charge in [-0.3, -0.25) is 4.79 Å². The monoisotopic (exact) mass is 444 g/mol. The van der Waals surface area contributed by atoms with Crippen LogP contribution in [0.5, 0.6) is 11.5 Å². The molecule has 0 aliphatic carbocycles. The highest BCUT2D eigenvalue weighted by Crippen LogP contribution is 2.37. The van der Waals surface area contributed by atoms with Crippen LogP contribution in [0.2, 0.25) is 5.02 Å². The summed E-state index contributed by atoms with van der Waals surface area (Å²) in [7, 11) is 0. The molecule has 2 aromatic carbocycles. The first-order valence-corrected chi connectivity index (χ1v) is 11.4. The van der Waals surface area contributed by atoms with Gasteiger partial charge in [0.15, 0.2) is 16.3 Å². The Hall–Kier alpha value is -2.35. The van der Waals surface area contributed by atoms with E-state index in [1.54, 1.807) is 0 Å². The van der Waals surface area contributed by atoms with Gasteiger partial charge in [-0.1, -0.05) is 48.1 Å². The topological polar surface area (TPSA) is 52.8 Å². The van der Waals surface area contributed by atoms with E-state index in [9.17, 15) is 4.79 Å². The molecule has 2 aromatic heterocycles. The van der Waals surface area contributed by atoms with Crippen LogP contribution in [-0.4, -0.2) is 23.7 Å². The predicted octanol–water partition coefficient (Wildman–Crippen LogP) is 5.49. The predicted molar refractivity (Wildman–Crippen MR) is 118 cm³/mol. The number of hydrogen-bond donors (Lipinski definition) is 0. The maximum Gasteiger partial charge on any atom is 0.291 e. The van der Waals surface area contributed by atoms with Crippen LogP contribution in [0.4, 0.5) is 0 Å². The average molecular weight is 445 g/mol. The average Bonchev–Trinajstić information content (AvgIpc) is 3.24. The minimum atomic E-state index is -0.315. The van der Waals surface area contributed by atoms with Crippen molar-refractivity contribution in [3.8, 4) is 11.5 Å². The Bertz CT molecular complexity index is 1320. The Morgan fingerprint density at radius 1 is 1.14 bits per heavy atom. The highest BCUT2D eigenvalue weighted by atomic mass is 35.5. The van der Waals surface area contributed by atoms with Crippen molar-refractivity contribution in [2.75, 3.05) is 13.2 Å². The van der Waals surface area contributed by atoms with E-state index in [-0.39, 0.29) is 5.91 Å². The summed E-state index contributed by atoms with van der Waals surface area (Å²) in [5.74, 6) is 1.15. The lowest BCUT2D eigenvalue weighted by molar-refractivity contribution is 0.100. The summed E-state index contributed by atoms with van der Waals surface area (Å²) in [4.78, 5) is 18.6. The summed E-state index contributed by atoms with van der Waals surface area (Å²) in [5, 5.41) is 1.36. The van der Waals surface area contributed by atoms with Crippen LogP contribution in [0.1, 0.15) is 23.0 Å². The molecule has 4 aromatic rings. The zero-order valence-electron chi connectivity index (χ0n) is 15.6. The summed E-state index contributed by atoms with van der Waals surface area (Å²) in [6.07, 6.45) is 0.922. The number of carbonyl (C=O) groups is 1. The molecule has 5 rings (SSSR count). The number of fused-ring (bicyclic) bond motifs is 3. The van der Waals surface area contributed by atoms with Gasteiger partial charge in [-0.25, -0.2) is 0 Å². The zero-order valence-corrected chi connectivity index (χ0v) is 18.0. The Morgan fingerprint density at radius 2 is 1.90 bits per heavy atom. The highest BCUT2D eigenvalue weighted by molar-refractivity contribution is 7.21. The summed E-state index contributed by atoms with van der Waals surface area (Å²) in [5.41, 5.74) is 0.995. The SMILES string of the molecule is CCCn1c(=NC(=O)c2sc3ccccc3c2Cl)sc2cc3c(cc21)OCCO3. The van der Waals surface area contributed by atoms with E-state index in [2.05, 4.69) is 16.5 Å². The van der Waals surface area contributed by atoms with Crippen molar-refractivity contribution in [1.82, 2.24) is 4.57 Å². The Balaban J connectivity index is 1.66. The molecule has 5 nitrogen and oxygen atoms in total. The fourth-order valence-electron chi connectivity index (χ4n) is 3.42. The van der Waals surface area contributed by atoms with Crippen LogP contribution < -0.4 is 14.3 Å². The molecule has 0 N–H and O–H groups in total. The van der Waals surface area contributed by atoms with E-state index >= 15 is 0 Å². The Labute approximate surface area is 179 Å². The molecule has 0 saturated carbocycles. The van der Waals surface area contributed by atoms with Crippen LogP contribution in [0.25, 0.3) is 20.3 Å². The van der Waals surface area contributed by atoms with Crippen LogP contribution in [0.15, 0.2) is 41.4 Å². The number of hydrogen-bond acceptors (Lipinski definition) is 5. The molecular weight excluding hydrogens is 428 g/mol. The number of rotatable bonds is 3. The Kier molecular flexibility index (Phi) is 4.81. The number of benzene rings is 2. The van der Waals surface area contributed by atoms with Crippen molar-refractivity contribution in [1.29, 1.82) is 0 Å². The van der Waals surface area contributed by atoms with E-state index < -0.39 is 0 Å². The number of amides is 1. The van der Waals surface area contributed by atoms with Gasteiger partial charge in [0.25, 0.3) is 5.91 Å². The smallest absolute Gasteiger partial charge is 0.291 e. The van der Waals surface area contributed by atoms with Gasteiger partial charge in [0.2, 0.25) is 0 Å². The lowest BCUT2D eigenvalue weighted by Crippen LogP contribution is -2.17. The molecule has 0 spiro atoms. The molecule has 148 valence electrons. The second-order valence-electron chi connectivity index (χ2n) is 6.66. The van der Waals surface area contributed by atoms with E-state index in [1.807, 2.05) is 36.4 Å². The maximum atomic E-state index is 13.0. The van der Waals surface area contributed by atoms with Crippen molar-refractivity contribution in [3.05, 3.63) is 51.1 Å². The minimum absolute atomic E-state index is 0.315. The number of carbonyl (C=O) groups excluding carboxylic acids is 1. The Morgan fingerprint density at radius 3 is 2.66 bits per heavy atom. The summed E-state index contributed by atoms with van der Waals surface area (Å²) >= 11 is 9.33. The summed E-state index contributed by atoms with van der Waals surface area (Å²) < 4.78 is 15.5. The molecule has 1 aliphatic rings. The number of ether oxygens (including phenoxy) is 2. The van der Waals surface area contributed by atoms with Crippen molar-refractivity contribution in [2.24, 2.45) is 4.99 Å². The lowest BCUT2D eigenvalue weighted by Gasteiger charge is -2.18. The molecule has 0 saturated heterocycles. The quantitative estimate of drug-likeness (QED) is 0.419. The molecule has 0 unspecified atom stereocenters. The number of aryl methyl sites for hydroxylation is 1. The van der Waals surface area contributed by atoms with Crippen molar-refractivity contribution in [2.45, 2.75) is 19.9 Å². The first kappa shape index (κ1) is 18.7. The van der Waals surface area contributed by atoms with Gasteiger partial charge < -0.3 is 14.0 Å². The first-order valence-electron chi connectivity index (χ1n) is 9.35. The third-order valence-corrected chi connectivity index (χ3v) is 7.42. The summed E-state index contributed by atoms with van der Waals surface area (Å²) in [6, 6.07) is 11.7. The van der Waals surface area contributed by atoms with Crippen molar-refractivity contribution < 1.29 is 14.3 Å². The van der Waals surface area contributed by atoms with Crippen LogP contribution >= 0.6 is 34.3 Å². The van der Waals surface area contributed by atoms with E-state index in [4.69, 9.17) is 21.1 Å². The fourth-order valence-corrected chi connectivity index (χ4v) is 5.88. The second kappa shape index (κ2) is 7.48. The molecule has 0 radical (unpaired) electrons. The zero-order chi connectivity index (χ0) is 20.0. The molecule has 0 fully saturated rings. The molecule has 29 heavy (non-hydrogen) atoms. The van der Waals surface area contributed by atoms with Gasteiger partial charge in [-0.2, -0.15) is 4.99 Å². The van der Waals surface area contributed by atoms with Gasteiger partial charge in [0.05, 0.1) is 15.2 Å². The number of halogens is 1. The van der Waals surface area contributed by atoms with Gasteiger partial charge in [-0.05, 0) is 12.5 Å². The van der Waals surface area contributed by atoms with Gasteiger partial charge in [-0.15, -0.1) is 11.3 Å². The fraction of sp³-hybridized carbons (Fsp3) is 0.238. The maximum absolute atomic E-state index is 13.0. The first-order chi connectivity index (χ1) is 14.2. The second-order valence-corrected chi connectivity index (χ2v) is 9.10. The van der Waals surface area contributed by atoms with E-state index in [0.29, 0.717) is 27.9 Å². The highest BCUT2D eigenvalue weighted by Gasteiger charge is 2.19. The van der Waals surface area contributed by atoms with Gasteiger partial charge >= 0.3 is 0 Å². The third kappa shape index (κ3) is 3.23. The summed E-state index contributed by atoms with van der Waals surface area (Å²) in [6.45, 7) is 3.93. The number of thiazole rings is 1. The van der Waals surface area contributed by atoms with Gasteiger partial charge in [0, 0.05) is 28.8 Å². The molecule has 8 heteroatoms. The minimum Gasteiger partial charge on any atom is -0.486 e. The third-order valence-electron chi connectivity index (χ3n) is 4.72. The number of thiophene rings is 1. The molecular formula is C21H17ClN2O3S2. The van der Waals surface area contributed by atoms with Crippen LogP contribution in [-0.2, 0) is 6.54 Å². The molecule has 0 atom stereocenters. The van der Waals surface area contributed by atoms with Crippen molar-refractivity contribution in [3.63, 3.8) is 0 Å². The standard InChI is InChI=1S/C21H17ClN2O3S2/c1-2-7-24-13-10-14-15(27-9-8-26-14)11-17(13)29-21(24)23-20(25)19-18(22)12-5-3-4-6-16(12)28-19/h3-6,10-11H,2,7-9H2,1H3. The normalized spacial score (nSPS) is 14.1. The van der Waals surface area contributed by atoms with E-state index in [0.717, 1.165) is 44.8 Å². The molecule has 0 bridgehead atoms. The van der Waals surface area contributed by atoms with Gasteiger partial charge in [0.1, 0.15) is 18.1 Å². The molecule has 3 heterocycles. The molecule has 1 amide bonds. The number of nitrogens with zero attached hydrogens (tertiary/aromatic N) is 2. The van der Waals surface area contributed by atoms with Crippen molar-refractivity contribution >= 4 is 60.5 Å². The number of aromatic nitrogens is 1. The largest absolute Gasteiger partial charge is 0.486 e. The lowest BCUT2D eigenvalue weighted by atomic mass is 10.2. The van der Waals surface area contributed by atoms with Crippen LogP contribution in [0.3, 0.4) is 0 Å².